The molecule has 2 aromatic carbocycles. The standard InChI is InChI=1S/C25H24N2O5S/c1-30-18-9-6-16(7-10-18)12-13-27-24(28)22(21-5-4-14-33-21)23(25(27)29)26-17-8-11-19(31-2)20(15-17)32-3/h4-11,14-15,26H,12-13H2,1-3H3. The van der Waals surface area contributed by atoms with Gasteiger partial charge in [-0.1, -0.05) is 18.2 Å². The largest absolute Gasteiger partial charge is 0.497 e. The van der Waals surface area contributed by atoms with Crippen LogP contribution in [0.4, 0.5) is 5.69 Å². The number of amides is 2. The van der Waals surface area contributed by atoms with E-state index in [9.17, 15) is 9.59 Å². The molecule has 0 atom stereocenters. The molecule has 33 heavy (non-hydrogen) atoms. The first kappa shape index (κ1) is 22.4. The Bertz CT molecular complexity index is 1190. The van der Waals surface area contributed by atoms with Crippen LogP contribution in [0.5, 0.6) is 17.2 Å². The number of benzene rings is 2. The van der Waals surface area contributed by atoms with Gasteiger partial charge < -0.3 is 19.5 Å². The van der Waals surface area contributed by atoms with Crippen LogP contribution < -0.4 is 19.5 Å². The predicted molar refractivity (Wildman–Crippen MR) is 128 cm³/mol. The number of imide groups is 1. The number of nitrogens with one attached hydrogen (secondary N) is 1. The molecule has 0 saturated heterocycles. The highest BCUT2D eigenvalue weighted by molar-refractivity contribution is 7.11. The molecule has 0 saturated carbocycles. The highest BCUT2D eigenvalue weighted by Crippen LogP contribution is 2.35. The maximum Gasteiger partial charge on any atom is 0.278 e. The molecule has 0 bridgehead atoms. The Morgan fingerprint density at radius 3 is 2.27 bits per heavy atom. The molecule has 2 amide bonds. The maximum atomic E-state index is 13.3. The van der Waals surface area contributed by atoms with Crippen LogP contribution in [-0.4, -0.2) is 44.6 Å². The van der Waals surface area contributed by atoms with E-state index in [1.165, 1.54) is 16.2 Å². The minimum atomic E-state index is -0.355. The fraction of sp³-hybridized carbons (Fsp3) is 0.200. The van der Waals surface area contributed by atoms with Gasteiger partial charge in [0.05, 0.1) is 26.9 Å². The van der Waals surface area contributed by atoms with Crippen LogP contribution in [0.2, 0.25) is 0 Å². The van der Waals surface area contributed by atoms with Crippen molar-refractivity contribution in [3.05, 3.63) is 76.1 Å². The molecule has 3 aromatic rings. The highest BCUT2D eigenvalue weighted by atomic mass is 32.1. The second-order valence-corrected chi connectivity index (χ2v) is 8.23. The average Bonchev–Trinajstić information content (AvgIpc) is 3.45. The van der Waals surface area contributed by atoms with E-state index in [1.807, 2.05) is 41.8 Å². The zero-order valence-electron chi connectivity index (χ0n) is 18.6. The number of carbonyl (C=O) groups is 2. The maximum absolute atomic E-state index is 13.3. The molecular formula is C25H24N2O5S. The fourth-order valence-corrected chi connectivity index (χ4v) is 4.40. The van der Waals surface area contributed by atoms with Gasteiger partial charge in [0, 0.05) is 23.2 Å². The topological polar surface area (TPSA) is 77.1 Å². The van der Waals surface area contributed by atoms with Gasteiger partial charge in [-0.15, -0.1) is 11.3 Å². The Labute approximate surface area is 196 Å². The number of nitrogens with zero attached hydrogens (tertiary/aromatic N) is 1. The van der Waals surface area contributed by atoms with Crippen LogP contribution in [0.25, 0.3) is 5.57 Å². The summed E-state index contributed by atoms with van der Waals surface area (Å²) in [6.07, 6.45) is 0.544. The van der Waals surface area contributed by atoms with Crippen LogP contribution in [0, 0.1) is 0 Å². The van der Waals surface area contributed by atoms with E-state index >= 15 is 0 Å². The Morgan fingerprint density at radius 1 is 0.879 bits per heavy atom. The number of rotatable bonds is 9. The van der Waals surface area contributed by atoms with Gasteiger partial charge in [0.25, 0.3) is 11.8 Å². The molecule has 4 rings (SSSR count). The number of ether oxygens (including phenoxy) is 3. The first-order valence-corrected chi connectivity index (χ1v) is 11.2. The van der Waals surface area contributed by atoms with E-state index in [-0.39, 0.29) is 24.1 Å². The van der Waals surface area contributed by atoms with Gasteiger partial charge in [-0.2, -0.15) is 0 Å². The summed E-state index contributed by atoms with van der Waals surface area (Å²) in [5, 5.41) is 5.03. The van der Waals surface area contributed by atoms with Crippen molar-refractivity contribution >= 4 is 34.4 Å². The van der Waals surface area contributed by atoms with Crippen molar-refractivity contribution in [2.45, 2.75) is 6.42 Å². The van der Waals surface area contributed by atoms with E-state index in [0.29, 0.717) is 29.2 Å². The minimum Gasteiger partial charge on any atom is -0.497 e. The van der Waals surface area contributed by atoms with Gasteiger partial charge in [0.2, 0.25) is 0 Å². The minimum absolute atomic E-state index is 0.254. The van der Waals surface area contributed by atoms with Crippen molar-refractivity contribution in [1.82, 2.24) is 4.90 Å². The summed E-state index contributed by atoms with van der Waals surface area (Å²) < 4.78 is 15.8. The van der Waals surface area contributed by atoms with Gasteiger partial charge >= 0.3 is 0 Å². The average molecular weight is 465 g/mol. The number of carbonyl (C=O) groups excluding carboxylic acids is 2. The fourth-order valence-electron chi connectivity index (χ4n) is 3.64. The number of thiophene rings is 1. The number of hydrogen-bond donors (Lipinski definition) is 1. The van der Waals surface area contributed by atoms with Crippen molar-refractivity contribution in [3.8, 4) is 17.2 Å². The first-order chi connectivity index (χ1) is 16.0. The van der Waals surface area contributed by atoms with Crippen molar-refractivity contribution < 1.29 is 23.8 Å². The lowest BCUT2D eigenvalue weighted by molar-refractivity contribution is -0.136. The molecule has 170 valence electrons. The molecule has 0 spiro atoms. The lowest BCUT2D eigenvalue weighted by Gasteiger charge is -2.16. The lowest BCUT2D eigenvalue weighted by atomic mass is 10.1. The summed E-state index contributed by atoms with van der Waals surface area (Å²) in [6.45, 7) is 0.274. The van der Waals surface area contributed by atoms with E-state index in [2.05, 4.69) is 5.32 Å². The molecule has 1 aliphatic rings. The Morgan fingerprint density at radius 2 is 1.64 bits per heavy atom. The van der Waals surface area contributed by atoms with Gasteiger partial charge in [0.15, 0.2) is 11.5 Å². The summed E-state index contributed by atoms with van der Waals surface area (Å²) in [4.78, 5) is 28.7. The molecule has 0 fully saturated rings. The predicted octanol–water partition coefficient (Wildman–Crippen LogP) is 4.21. The third-order valence-corrected chi connectivity index (χ3v) is 6.26. The van der Waals surface area contributed by atoms with E-state index in [0.717, 1.165) is 16.2 Å². The number of hydrogen-bond acceptors (Lipinski definition) is 7. The summed E-state index contributed by atoms with van der Waals surface area (Å²) in [6, 6.07) is 16.5. The van der Waals surface area contributed by atoms with E-state index in [4.69, 9.17) is 14.2 Å². The van der Waals surface area contributed by atoms with Gasteiger partial charge in [0.1, 0.15) is 11.4 Å². The summed E-state index contributed by atoms with van der Waals surface area (Å²) in [5.74, 6) is 1.19. The zero-order chi connectivity index (χ0) is 23.4. The molecule has 1 aliphatic heterocycles. The normalized spacial score (nSPS) is 13.5. The van der Waals surface area contributed by atoms with Crippen LogP contribution in [0.1, 0.15) is 10.4 Å². The van der Waals surface area contributed by atoms with Crippen molar-refractivity contribution in [2.75, 3.05) is 33.2 Å². The lowest BCUT2D eigenvalue weighted by Crippen LogP contribution is -2.34. The molecule has 7 nitrogen and oxygen atoms in total. The molecule has 1 N–H and O–H groups in total. The highest BCUT2D eigenvalue weighted by Gasteiger charge is 2.39. The van der Waals surface area contributed by atoms with Crippen molar-refractivity contribution in [2.24, 2.45) is 0 Å². The second-order valence-electron chi connectivity index (χ2n) is 7.28. The molecule has 0 unspecified atom stereocenters. The Hall–Kier alpha value is -3.78. The first-order valence-electron chi connectivity index (χ1n) is 10.3. The van der Waals surface area contributed by atoms with E-state index in [1.54, 1.807) is 39.5 Å². The summed E-state index contributed by atoms with van der Waals surface area (Å²) >= 11 is 1.42. The SMILES string of the molecule is COc1ccc(CCN2C(=O)C(Nc3ccc(OC)c(OC)c3)=C(c3cccs3)C2=O)cc1. The third kappa shape index (κ3) is 4.56. The smallest absolute Gasteiger partial charge is 0.278 e. The molecule has 1 aromatic heterocycles. The zero-order valence-corrected chi connectivity index (χ0v) is 19.4. The number of anilines is 1. The Kier molecular flexibility index (Phi) is 6.65. The monoisotopic (exact) mass is 464 g/mol. The number of methoxy groups -OCH3 is 3. The van der Waals surface area contributed by atoms with Crippen LogP contribution in [0.15, 0.2) is 65.7 Å². The molecule has 8 heteroatoms. The molecule has 0 aliphatic carbocycles. The van der Waals surface area contributed by atoms with Crippen LogP contribution in [0.3, 0.4) is 0 Å². The summed E-state index contributed by atoms with van der Waals surface area (Å²) in [5.41, 5.74) is 2.26. The van der Waals surface area contributed by atoms with Crippen LogP contribution in [-0.2, 0) is 16.0 Å². The van der Waals surface area contributed by atoms with Gasteiger partial charge in [-0.05, 0) is 47.7 Å². The second kappa shape index (κ2) is 9.79. The molecular weight excluding hydrogens is 440 g/mol. The Balaban J connectivity index is 1.60. The third-order valence-electron chi connectivity index (χ3n) is 5.37. The van der Waals surface area contributed by atoms with Crippen LogP contribution >= 0.6 is 11.3 Å². The summed E-state index contributed by atoms with van der Waals surface area (Å²) in [7, 11) is 4.71. The van der Waals surface area contributed by atoms with Crippen molar-refractivity contribution in [3.63, 3.8) is 0 Å². The van der Waals surface area contributed by atoms with Gasteiger partial charge in [-0.3, -0.25) is 14.5 Å². The molecule has 0 radical (unpaired) electrons. The van der Waals surface area contributed by atoms with Gasteiger partial charge in [-0.25, -0.2) is 0 Å². The van der Waals surface area contributed by atoms with E-state index < -0.39 is 0 Å². The quantitative estimate of drug-likeness (QED) is 0.478. The molecule has 2 heterocycles. The van der Waals surface area contributed by atoms with Crippen molar-refractivity contribution in [1.29, 1.82) is 0 Å².